The van der Waals surface area contributed by atoms with Crippen molar-refractivity contribution in [3.63, 3.8) is 0 Å². The molecule has 2 N–H and O–H groups in total. The molecule has 0 unspecified atom stereocenters. The van der Waals surface area contributed by atoms with Gasteiger partial charge in [-0.2, -0.15) is 4.31 Å². The van der Waals surface area contributed by atoms with Crippen LogP contribution in [0.2, 0.25) is 5.02 Å². The van der Waals surface area contributed by atoms with Gasteiger partial charge in [-0.1, -0.05) is 41.9 Å². The fourth-order valence-electron chi connectivity index (χ4n) is 3.77. The third-order valence-corrected chi connectivity index (χ3v) is 7.52. The summed E-state index contributed by atoms with van der Waals surface area (Å²) in [7, 11) is -3.66. The van der Waals surface area contributed by atoms with Crippen molar-refractivity contribution in [2.24, 2.45) is 11.8 Å². The quantitative estimate of drug-likeness (QED) is 0.365. The molecule has 1 fully saturated rings. The summed E-state index contributed by atoms with van der Waals surface area (Å²) in [5.74, 6) is -0.423. The molecular weight excluding hydrogens is 435 g/mol. The van der Waals surface area contributed by atoms with Gasteiger partial charge in [0, 0.05) is 24.0 Å². The van der Waals surface area contributed by atoms with E-state index in [0.29, 0.717) is 24.4 Å². The maximum absolute atomic E-state index is 13.3. The summed E-state index contributed by atoms with van der Waals surface area (Å²) in [4.78, 5) is 11.9. The van der Waals surface area contributed by atoms with E-state index >= 15 is 0 Å². The molecule has 1 aliphatic rings. The molecule has 0 heterocycles. The first-order valence-electron chi connectivity index (χ1n) is 9.63. The molecule has 1 saturated carbocycles. The largest absolute Gasteiger partial charge is 1.00 e. The maximum Gasteiger partial charge on any atom is 1.00 e. The summed E-state index contributed by atoms with van der Waals surface area (Å²) in [6.07, 6.45) is 2.74. The molecule has 2 aromatic rings. The molecule has 6 nitrogen and oxygen atoms in total. The molecule has 0 radical (unpaired) electrons. The summed E-state index contributed by atoms with van der Waals surface area (Å²) >= 11 is 5.96. The molecule has 0 aliphatic heterocycles. The van der Waals surface area contributed by atoms with Gasteiger partial charge in [0.2, 0.25) is 15.9 Å². The van der Waals surface area contributed by atoms with Gasteiger partial charge < -0.3 is 0 Å². The van der Waals surface area contributed by atoms with E-state index in [4.69, 9.17) is 16.8 Å². The van der Waals surface area contributed by atoms with Crippen LogP contribution in [0.3, 0.4) is 0 Å². The van der Waals surface area contributed by atoms with E-state index in [1.165, 1.54) is 4.31 Å². The van der Waals surface area contributed by atoms with Gasteiger partial charge in [0.05, 0.1) is 4.90 Å². The van der Waals surface area contributed by atoms with Crippen molar-refractivity contribution in [2.45, 2.75) is 37.1 Å². The Bertz CT molecular complexity index is 918. The second kappa shape index (κ2) is 11.6. The summed E-state index contributed by atoms with van der Waals surface area (Å²) < 4.78 is 28.1. The van der Waals surface area contributed by atoms with Crippen molar-refractivity contribution in [3.8, 4) is 0 Å². The topological polar surface area (TPSA) is 86.7 Å². The second-order valence-electron chi connectivity index (χ2n) is 7.43. The number of benzene rings is 2. The summed E-state index contributed by atoms with van der Waals surface area (Å²) in [6.45, 7) is 0.638. The van der Waals surface area contributed by atoms with Gasteiger partial charge in [-0.3, -0.25) is 10.0 Å². The van der Waals surface area contributed by atoms with Crippen LogP contribution in [0.25, 0.3) is 0 Å². The normalized spacial score (nSPS) is 19.2. The predicted octanol–water partition coefficient (Wildman–Crippen LogP) is 0.847. The zero-order valence-corrected chi connectivity index (χ0v) is 20.6. The van der Waals surface area contributed by atoms with E-state index in [1.807, 2.05) is 12.1 Å². The van der Waals surface area contributed by atoms with Crippen molar-refractivity contribution in [1.29, 1.82) is 0 Å². The second-order valence-corrected chi connectivity index (χ2v) is 9.81. The molecule has 1 aliphatic carbocycles. The summed E-state index contributed by atoms with van der Waals surface area (Å²) in [5, 5.41) is 9.42. The molecule has 156 valence electrons. The number of amides is 1. The van der Waals surface area contributed by atoms with Crippen molar-refractivity contribution in [1.82, 2.24) is 9.79 Å². The minimum Gasteiger partial charge on any atom is -0.289 e. The van der Waals surface area contributed by atoms with Crippen LogP contribution >= 0.6 is 11.6 Å². The van der Waals surface area contributed by atoms with Crippen LogP contribution in [-0.4, -0.2) is 30.4 Å². The number of nitrogens with zero attached hydrogens (tertiary/aromatic N) is 1. The molecular formula is C21H25ClN2NaO4S+. The van der Waals surface area contributed by atoms with Crippen LogP contribution in [0.5, 0.6) is 0 Å². The third kappa shape index (κ3) is 6.53. The SMILES string of the molecule is O=C(NO)C1CCC(CN(Cc2ccc(Cl)cc2)S(=O)(=O)c2ccccc2)CC1.[Na+]. The van der Waals surface area contributed by atoms with Gasteiger partial charge in [-0.05, 0) is 61.4 Å². The zero-order chi connectivity index (χ0) is 20.9. The number of hydroxylamine groups is 1. The molecule has 0 atom stereocenters. The van der Waals surface area contributed by atoms with Gasteiger partial charge in [-0.15, -0.1) is 0 Å². The van der Waals surface area contributed by atoms with Gasteiger partial charge in [0.15, 0.2) is 0 Å². The van der Waals surface area contributed by atoms with Gasteiger partial charge >= 0.3 is 29.6 Å². The predicted molar refractivity (Wildman–Crippen MR) is 111 cm³/mol. The number of rotatable bonds is 7. The smallest absolute Gasteiger partial charge is 0.289 e. The Kier molecular flexibility index (Phi) is 9.81. The van der Waals surface area contributed by atoms with Crippen molar-refractivity contribution in [2.75, 3.05) is 6.54 Å². The molecule has 9 heteroatoms. The first kappa shape index (κ1) is 25.3. The van der Waals surface area contributed by atoms with Crippen LogP contribution in [-0.2, 0) is 21.4 Å². The van der Waals surface area contributed by atoms with Crippen LogP contribution in [0, 0.1) is 11.8 Å². The van der Waals surface area contributed by atoms with Crippen LogP contribution in [0.4, 0.5) is 0 Å². The summed E-state index contributed by atoms with van der Waals surface area (Å²) in [6, 6.07) is 15.6. The molecule has 1 amide bonds. The minimum atomic E-state index is -3.66. The van der Waals surface area contributed by atoms with E-state index < -0.39 is 10.0 Å². The molecule has 30 heavy (non-hydrogen) atoms. The molecule has 2 aromatic carbocycles. The monoisotopic (exact) mass is 459 g/mol. The Morgan fingerprint density at radius 1 is 1.03 bits per heavy atom. The number of halogens is 1. The minimum absolute atomic E-state index is 0. The Labute approximate surface area is 204 Å². The van der Waals surface area contributed by atoms with E-state index in [-0.39, 0.29) is 58.7 Å². The van der Waals surface area contributed by atoms with Crippen LogP contribution < -0.4 is 35.0 Å². The molecule has 0 saturated heterocycles. The third-order valence-electron chi connectivity index (χ3n) is 5.44. The molecule has 3 rings (SSSR count). The number of carbonyl (C=O) groups is 1. The Morgan fingerprint density at radius 3 is 2.20 bits per heavy atom. The Balaban J connectivity index is 0.00000320. The first-order valence-corrected chi connectivity index (χ1v) is 11.5. The summed E-state index contributed by atoms with van der Waals surface area (Å²) in [5.41, 5.74) is 2.58. The van der Waals surface area contributed by atoms with Crippen molar-refractivity contribution in [3.05, 3.63) is 65.2 Å². The molecule has 0 aromatic heterocycles. The number of carbonyl (C=O) groups excluding carboxylic acids is 1. The zero-order valence-electron chi connectivity index (χ0n) is 17.0. The molecule has 0 spiro atoms. The average molecular weight is 460 g/mol. The van der Waals surface area contributed by atoms with Crippen molar-refractivity contribution < 1.29 is 48.0 Å². The van der Waals surface area contributed by atoms with E-state index in [9.17, 15) is 13.2 Å². The fraction of sp³-hybridized carbons (Fsp3) is 0.381. The number of sulfonamides is 1. The van der Waals surface area contributed by atoms with Crippen LogP contribution in [0.1, 0.15) is 31.2 Å². The number of hydrogen-bond donors (Lipinski definition) is 2. The van der Waals surface area contributed by atoms with E-state index in [2.05, 4.69) is 0 Å². The van der Waals surface area contributed by atoms with Crippen molar-refractivity contribution >= 4 is 27.5 Å². The fourth-order valence-corrected chi connectivity index (χ4v) is 5.42. The first-order chi connectivity index (χ1) is 13.9. The maximum atomic E-state index is 13.3. The Hall–Kier alpha value is -0.930. The van der Waals surface area contributed by atoms with E-state index in [0.717, 1.165) is 18.4 Å². The number of nitrogens with one attached hydrogen (secondary N) is 1. The van der Waals surface area contributed by atoms with E-state index in [1.54, 1.807) is 47.9 Å². The average Bonchev–Trinajstić information content (AvgIpc) is 2.75. The standard InChI is InChI=1S/C21H25ClN2O4S.Na/c22-19-12-8-17(9-13-19)15-24(29(27,28)20-4-2-1-3-5-20)14-16-6-10-18(11-7-16)21(25)23-26;/h1-5,8-9,12-13,16,18,26H,6-7,10-11,14-15H2,(H,23,25);/q;+1. The van der Waals surface area contributed by atoms with Gasteiger partial charge in [0.25, 0.3) is 0 Å². The molecule has 0 bridgehead atoms. The van der Waals surface area contributed by atoms with Gasteiger partial charge in [0.1, 0.15) is 0 Å². The van der Waals surface area contributed by atoms with Gasteiger partial charge in [-0.25, -0.2) is 13.9 Å². The Morgan fingerprint density at radius 2 is 1.63 bits per heavy atom. The van der Waals surface area contributed by atoms with Crippen LogP contribution in [0.15, 0.2) is 59.5 Å². The number of hydrogen-bond acceptors (Lipinski definition) is 4.